The summed E-state index contributed by atoms with van der Waals surface area (Å²) < 4.78 is 15.7. The molecule has 0 amide bonds. The number of rotatable bonds is 4. The lowest BCUT2D eigenvalue weighted by molar-refractivity contribution is 0.286. The Kier molecular flexibility index (Phi) is 3.17. The summed E-state index contributed by atoms with van der Waals surface area (Å²) in [5, 5.41) is 12.7. The van der Waals surface area contributed by atoms with Gasteiger partial charge in [0.15, 0.2) is 12.4 Å². The van der Waals surface area contributed by atoms with Crippen molar-refractivity contribution in [2.45, 2.75) is 6.61 Å². The van der Waals surface area contributed by atoms with Crippen molar-refractivity contribution in [1.82, 2.24) is 10.1 Å². The summed E-state index contributed by atoms with van der Waals surface area (Å²) >= 11 is 0. The smallest absolute Gasteiger partial charge is 0.293 e. The molecule has 3 aromatic rings. The Morgan fingerprint density at radius 2 is 2.10 bits per heavy atom. The van der Waals surface area contributed by atoms with Crippen LogP contribution in [0.4, 0.5) is 0 Å². The Labute approximate surface area is 114 Å². The zero-order valence-electron chi connectivity index (χ0n) is 10.3. The minimum atomic E-state index is 0.114. The SMILES string of the molecule is N#Cc1ccccc1OCc1noc(-c2ccco2)n1. The van der Waals surface area contributed by atoms with Gasteiger partial charge in [-0.25, -0.2) is 0 Å². The molecule has 0 N–H and O–H groups in total. The Hall–Kier alpha value is -3.07. The largest absolute Gasteiger partial charge is 0.484 e. The molecule has 0 aliphatic rings. The van der Waals surface area contributed by atoms with Crippen LogP contribution in [0.25, 0.3) is 11.7 Å². The highest BCUT2D eigenvalue weighted by Crippen LogP contribution is 2.20. The van der Waals surface area contributed by atoms with E-state index in [1.165, 1.54) is 6.26 Å². The molecule has 98 valence electrons. The maximum absolute atomic E-state index is 8.95. The second-order valence-corrected chi connectivity index (χ2v) is 3.89. The molecule has 0 atom stereocenters. The maximum Gasteiger partial charge on any atom is 0.293 e. The van der Waals surface area contributed by atoms with Crippen molar-refractivity contribution in [1.29, 1.82) is 5.26 Å². The van der Waals surface area contributed by atoms with Gasteiger partial charge >= 0.3 is 0 Å². The first-order chi connectivity index (χ1) is 9.86. The number of nitriles is 1. The highest BCUT2D eigenvalue weighted by Gasteiger charge is 2.12. The second-order valence-electron chi connectivity index (χ2n) is 3.89. The van der Waals surface area contributed by atoms with Crippen molar-refractivity contribution in [3.05, 3.63) is 54.0 Å². The number of furan rings is 1. The number of hydrogen-bond donors (Lipinski definition) is 0. The highest BCUT2D eigenvalue weighted by molar-refractivity contribution is 5.43. The lowest BCUT2D eigenvalue weighted by atomic mass is 10.2. The van der Waals surface area contributed by atoms with Gasteiger partial charge < -0.3 is 13.7 Å². The zero-order chi connectivity index (χ0) is 13.8. The van der Waals surface area contributed by atoms with Crippen LogP contribution in [0.5, 0.6) is 5.75 Å². The first-order valence-electron chi connectivity index (χ1n) is 5.85. The molecular formula is C14H9N3O3. The monoisotopic (exact) mass is 267 g/mol. The van der Waals surface area contributed by atoms with Gasteiger partial charge in [-0.3, -0.25) is 0 Å². The van der Waals surface area contributed by atoms with E-state index in [1.807, 2.05) is 0 Å². The lowest BCUT2D eigenvalue weighted by Crippen LogP contribution is -1.99. The Balaban J connectivity index is 1.72. The van der Waals surface area contributed by atoms with Crippen LogP contribution in [0.2, 0.25) is 0 Å². The third-order valence-corrected chi connectivity index (χ3v) is 2.56. The van der Waals surface area contributed by atoms with Crippen LogP contribution < -0.4 is 4.74 Å². The van der Waals surface area contributed by atoms with Gasteiger partial charge in [0.1, 0.15) is 11.8 Å². The van der Waals surface area contributed by atoms with Gasteiger partial charge in [-0.1, -0.05) is 17.3 Å². The van der Waals surface area contributed by atoms with E-state index in [2.05, 4.69) is 16.2 Å². The van der Waals surface area contributed by atoms with E-state index in [0.29, 0.717) is 28.8 Å². The first-order valence-corrected chi connectivity index (χ1v) is 5.85. The van der Waals surface area contributed by atoms with Crippen LogP contribution in [0.15, 0.2) is 51.6 Å². The molecule has 0 spiro atoms. The predicted molar refractivity (Wildman–Crippen MR) is 67.5 cm³/mol. The molecule has 0 bridgehead atoms. The molecule has 2 aromatic heterocycles. The minimum absolute atomic E-state index is 0.114. The molecule has 0 aliphatic carbocycles. The van der Waals surface area contributed by atoms with Crippen molar-refractivity contribution in [2.24, 2.45) is 0 Å². The second kappa shape index (κ2) is 5.28. The van der Waals surface area contributed by atoms with Gasteiger partial charge in [0.25, 0.3) is 5.89 Å². The fraction of sp³-hybridized carbons (Fsp3) is 0.0714. The Bertz CT molecular complexity index is 741. The van der Waals surface area contributed by atoms with Crippen molar-refractivity contribution in [3.63, 3.8) is 0 Å². The third-order valence-electron chi connectivity index (χ3n) is 2.56. The van der Waals surface area contributed by atoms with E-state index >= 15 is 0 Å². The van der Waals surface area contributed by atoms with Gasteiger partial charge in [0.05, 0.1) is 11.8 Å². The maximum atomic E-state index is 8.95. The van der Waals surface area contributed by atoms with Gasteiger partial charge in [-0.15, -0.1) is 0 Å². The molecule has 1 aromatic carbocycles. The van der Waals surface area contributed by atoms with Crippen LogP contribution in [0.1, 0.15) is 11.4 Å². The molecule has 3 rings (SSSR count). The Morgan fingerprint density at radius 1 is 1.20 bits per heavy atom. The molecule has 0 radical (unpaired) electrons. The van der Waals surface area contributed by atoms with Crippen molar-refractivity contribution in [3.8, 4) is 23.5 Å². The van der Waals surface area contributed by atoms with Gasteiger partial charge in [0.2, 0.25) is 5.82 Å². The fourth-order valence-electron chi connectivity index (χ4n) is 1.64. The van der Waals surface area contributed by atoms with Crippen LogP contribution in [0, 0.1) is 11.3 Å². The number of ether oxygens (including phenoxy) is 1. The number of aromatic nitrogens is 2. The lowest BCUT2D eigenvalue weighted by Gasteiger charge is -2.04. The van der Waals surface area contributed by atoms with Gasteiger partial charge in [0, 0.05) is 0 Å². The molecule has 6 heteroatoms. The van der Waals surface area contributed by atoms with Crippen molar-refractivity contribution < 1.29 is 13.7 Å². The molecule has 6 nitrogen and oxygen atoms in total. The third kappa shape index (κ3) is 2.37. The number of para-hydroxylation sites is 1. The molecule has 0 aliphatic heterocycles. The standard InChI is InChI=1S/C14H9N3O3/c15-8-10-4-1-2-5-11(10)19-9-13-16-14(20-17-13)12-6-3-7-18-12/h1-7H,9H2. The molecule has 0 saturated heterocycles. The zero-order valence-corrected chi connectivity index (χ0v) is 10.3. The quantitative estimate of drug-likeness (QED) is 0.722. The van der Waals surface area contributed by atoms with E-state index in [1.54, 1.807) is 36.4 Å². The number of hydrogen-bond acceptors (Lipinski definition) is 6. The van der Waals surface area contributed by atoms with Crippen LogP contribution in [-0.2, 0) is 6.61 Å². The van der Waals surface area contributed by atoms with Crippen molar-refractivity contribution >= 4 is 0 Å². The van der Waals surface area contributed by atoms with Gasteiger partial charge in [-0.2, -0.15) is 10.2 Å². The average Bonchev–Trinajstić information content (AvgIpc) is 3.16. The summed E-state index contributed by atoms with van der Waals surface area (Å²) in [6.45, 7) is 0.114. The van der Waals surface area contributed by atoms with Crippen LogP contribution in [0.3, 0.4) is 0 Å². The molecule has 0 unspecified atom stereocenters. The summed E-state index contributed by atoms with van der Waals surface area (Å²) in [5.41, 5.74) is 0.460. The molecule has 2 heterocycles. The Morgan fingerprint density at radius 3 is 2.90 bits per heavy atom. The summed E-state index contributed by atoms with van der Waals surface area (Å²) in [5.74, 6) is 1.66. The highest BCUT2D eigenvalue weighted by atomic mass is 16.5. The van der Waals surface area contributed by atoms with Crippen LogP contribution >= 0.6 is 0 Å². The first kappa shape index (κ1) is 12.0. The van der Waals surface area contributed by atoms with E-state index < -0.39 is 0 Å². The number of nitrogens with zero attached hydrogens (tertiary/aromatic N) is 3. The molecule has 0 saturated carbocycles. The van der Waals surface area contributed by atoms with E-state index in [0.717, 1.165) is 0 Å². The molecule has 20 heavy (non-hydrogen) atoms. The van der Waals surface area contributed by atoms with Gasteiger partial charge in [-0.05, 0) is 24.3 Å². The van der Waals surface area contributed by atoms with E-state index in [9.17, 15) is 0 Å². The summed E-state index contributed by atoms with van der Waals surface area (Å²) in [6.07, 6.45) is 1.53. The topological polar surface area (TPSA) is 85.1 Å². The van der Waals surface area contributed by atoms with E-state index in [4.69, 9.17) is 18.9 Å². The average molecular weight is 267 g/mol. The summed E-state index contributed by atoms with van der Waals surface area (Å²) in [6, 6.07) is 12.5. The predicted octanol–water partition coefficient (Wildman–Crippen LogP) is 2.78. The fourth-order valence-corrected chi connectivity index (χ4v) is 1.64. The van der Waals surface area contributed by atoms with E-state index in [-0.39, 0.29) is 6.61 Å². The normalized spacial score (nSPS) is 10.2. The summed E-state index contributed by atoms with van der Waals surface area (Å²) in [7, 11) is 0. The van der Waals surface area contributed by atoms with Crippen LogP contribution in [-0.4, -0.2) is 10.1 Å². The van der Waals surface area contributed by atoms with Crippen molar-refractivity contribution in [2.75, 3.05) is 0 Å². The summed E-state index contributed by atoms with van der Waals surface area (Å²) in [4.78, 5) is 4.14. The number of benzene rings is 1. The molecular weight excluding hydrogens is 258 g/mol. The minimum Gasteiger partial charge on any atom is -0.484 e. The molecule has 0 fully saturated rings.